The Kier molecular flexibility index (Phi) is 5.95. The molecule has 0 aliphatic heterocycles. The highest BCUT2D eigenvalue weighted by Crippen LogP contribution is 2.01. The maximum Gasteiger partial charge on any atom is 0.271 e. The van der Waals surface area contributed by atoms with E-state index < -0.39 is 0 Å². The first-order valence-electron chi connectivity index (χ1n) is 5.71. The third-order valence-electron chi connectivity index (χ3n) is 1.99. The van der Waals surface area contributed by atoms with Gasteiger partial charge < -0.3 is 15.4 Å². The Balaban J connectivity index is 2.42. The van der Waals surface area contributed by atoms with Gasteiger partial charge in [0.2, 0.25) is 0 Å². The normalized spacial score (nSPS) is 10.0. The maximum atomic E-state index is 11.4. The van der Waals surface area contributed by atoms with Crippen molar-refractivity contribution in [3.8, 4) is 0 Å². The van der Waals surface area contributed by atoms with Gasteiger partial charge in [-0.1, -0.05) is 0 Å². The highest BCUT2D eigenvalue weighted by molar-refractivity contribution is 5.92. The van der Waals surface area contributed by atoms with Crippen LogP contribution in [0.4, 0.5) is 5.82 Å². The molecule has 0 saturated carbocycles. The monoisotopic (exact) mass is 238 g/mol. The van der Waals surface area contributed by atoms with Gasteiger partial charge in [-0.3, -0.25) is 4.79 Å². The molecular formula is C11H18N4O2. The number of anilines is 1. The summed E-state index contributed by atoms with van der Waals surface area (Å²) in [5.41, 5.74) is 0.321. The van der Waals surface area contributed by atoms with Crippen LogP contribution in [-0.2, 0) is 4.74 Å². The van der Waals surface area contributed by atoms with Crippen molar-refractivity contribution in [2.45, 2.75) is 13.8 Å². The molecule has 94 valence electrons. The van der Waals surface area contributed by atoms with Gasteiger partial charge in [-0.2, -0.15) is 0 Å². The van der Waals surface area contributed by atoms with Crippen LogP contribution >= 0.6 is 0 Å². The summed E-state index contributed by atoms with van der Waals surface area (Å²) >= 11 is 0. The Morgan fingerprint density at radius 1 is 1.35 bits per heavy atom. The lowest BCUT2D eigenvalue weighted by Gasteiger charge is -2.05. The average molecular weight is 238 g/mol. The van der Waals surface area contributed by atoms with E-state index in [1.807, 2.05) is 13.8 Å². The second kappa shape index (κ2) is 7.56. The van der Waals surface area contributed by atoms with Crippen LogP contribution in [0.3, 0.4) is 0 Å². The lowest BCUT2D eigenvalue weighted by molar-refractivity contribution is 0.0950. The molecule has 0 radical (unpaired) electrons. The summed E-state index contributed by atoms with van der Waals surface area (Å²) in [4.78, 5) is 11.4. The minimum atomic E-state index is -0.208. The molecule has 0 aromatic carbocycles. The molecule has 1 amide bonds. The van der Waals surface area contributed by atoms with Crippen molar-refractivity contribution in [1.82, 2.24) is 15.5 Å². The Bertz CT molecular complexity index is 340. The van der Waals surface area contributed by atoms with E-state index in [9.17, 15) is 4.79 Å². The van der Waals surface area contributed by atoms with Gasteiger partial charge in [0.1, 0.15) is 5.82 Å². The van der Waals surface area contributed by atoms with Crippen LogP contribution in [0.1, 0.15) is 24.3 Å². The molecule has 0 unspecified atom stereocenters. The van der Waals surface area contributed by atoms with Crippen molar-refractivity contribution in [2.24, 2.45) is 0 Å². The topological polar surface area (TPSA) is 76.1 Å². The van der Waals surface area contributed by atoms with Gasteiger partial charge in [-0.05, 0) is 26.0 Å². The molecule has 1 aromatic rings. The highest BCUT2D eigenvalue weighted by atomic mass is 16.5. The van der Waals surface area contributed by atoms with Crippen LogP contribution in [-0.4, -0.2) is 42.4 Å². The van der Waals surface area contributed by atoms with Crippen LogP contribution in [0.5, 0.6) is 0 Å². The number of hydrogen-bond donors (Lipinski definition) is 2. The Hall–Kier alpha value is -1.69. The van der Waals surface area contributed by atoms with Gasteiger partial charge >= 0.3 is 0 Å². The number of ether oxygens (including phenoxy) is 1. The zero-order chi connectivity index (χ0) is 12.5. The minimum Gasteiger partial charge on any atom is -0.380 e. The van der Waals surface area contributed by atoms with Crippen molar-refractivity contribution in [1.29, 1.82) is 0 Å². The predicted octanol–water partition coefficient (Wildman–Crippen LogP) is 0.675. The van der Waals surface area contributed by atoms with Gasteiger partial charge in [0.05, 0.1) is 6.61 Å². The summed E-state index contributed by atoms with van der Waals surface area (Å²) in [7, 11) is 0. The number of nitrogens with zero attached hydrogens (tertiary/aromatic N) is 2. The zero-order valence-electron chi connectivity index (χ0n) is 10.2. The first-order chi connectivity index (χ1) is 8.27. The number of amides is 1. The van der Waals surface area contributed by atoms with Crippen molar-refractivity contribution in [3.63, 3.8) is 0 Å². The second-order valence-electron chi connectivity index (χ2n) is 3.29. The van der Waals surface area contributed by atoms with Crippen LogP contribution in [0.25, 0.3) is 0 Å². The van der Waals surface area contributed by atoms with Crippen molar-refractivity contribution in [3.05, 3.63) is 17.8 Å². The summed E-state index contributed by atoms with van der Waals surface area (Å²) < 4.78 is 5.17. The van der Waals surface area contributed by atoms with Crippen LogP contribution in [0, 0.1) is 0 Å². The molecule has 0 fully saturated rings. The van der Waals surface area contributed by atoms with Gasteiger partial charge in [0.25, 0.3) is 5.91 Å². The number of hydrogen-bond acceptors (Lipinski definition) is 5. The van der Waals surface area contributed by atoms with E-state index in [4.69, 9.17) is 4.74 Å². The first kappa shape index (κ1) is 13.4. The van der Waals surface area contributed by atoms with Crippen LogP contribution in [0.15, 0.2) is 12.1 Å². The molecule has 1 rings (SSSR count). The fourth-order valence-corrected chi connectivity index (χ4v) is 1.19. The van der Waals surface area contributed by atoms with Crippen LogP contribution in [0.2, 0.25) is 0 Å². The Morgan fingerprint density at radius 3 is 2.76 bits per heavy atom. The fourth-order valence-electron chi connectivity index (χ4n) is 1.19. The van der Waals surface area contributed by atoms with Gasteiger partial charge in [-0.25, -0.2) is 0 Å². The number of rotatable bonds is 7. The highest BCUT2D eigenvalue weighted by Gasteiger charge is 2.05. The van der Waals surface area contributed by atoms with E-state index in [1.165, 1.54) is 0 Å². The number of aromatic nitrogens is 2. The maximum absolute atomic E-state index is 11.4. The lowest BCUT2D eigenvalue weighted by atomic mass is 10.3. The van der Waals surface area contributed by atoms with E-state index in [2.05, 4.69) is 20.8 Å². The summed E-state index contributed by atoms with van der Waals surface area (Å²) in [5, 5.41) is 13.4. The standard InChI is InChI=1S/C11H18N4O2/c1-3-12-11(16)9-5-6-10(15-14-9)13-7-8-17-4-2/h5-6H,3-4,7-8H2,1-2H3,(H,12,16)(H,13,15). The molecule has 2 N–H and O–H groups in total. The fraction of sp³-hybridized carbons (Fsp3) is 0.545. The SMILES string of the molecule is CCNC(=O)c1ccc(NCCOCC)nn1. The Morgan fingerprint density at radius 2 is 2.18 bits per heavy atom. The van der Waals surface area contributed by atoms with Crippen molar-refractivity contribution < 1.29 is 9.53 Å². The van der Waals surface area contributed by atoms with Gasteiger partial charge in [-0.15, -0.1) is 10.2 Å². The van der Waals surface area contributed by atoms with Gasteiger partial charge in [0.15, 0.2) is 5.69 Å². The van der Waals surface area contributed by atoms with E-state index in [0.29, 0.717) is 37.8 Å². The first-order valence-corrected chi connectivity index (χ1v) is 5.71. The molecule has 17 heavy (non-hydrogen) atoms. The van der Waals surface area contributed by atoms with Crippen LogP contribution < -0.4 is 10.6 Å². The second-order valence-corrected chi connectivity index (χ2v) is 3.29. The lowest BCUT2D eigenvalue weighted by Crippen LogP contribution is -2.24. The largest absolute Gasteiger partial charge is 0.380 e. The molecule has 6 heteroatoms. The molecule has 1 heterocycles. The minimum absolute atomic E-state index is 0.208. The van der Waals surface area contributed by atoms with Gasteiger partial charge in [0, 0.05) is 19.7 Å². The molecule has 1 aromatic heterocycles. The third-order valence-corrected chi connectivity index (χ3v) is 1.99. The molecule has 0 aliphatic rings. The summed E-state index contributed by atoms with van der Waals surface area (Å²) in [5.74, 6) is 0.429. The average Bonchev–Trinajstić information content (AvgIpc) is 2.36. The van der Waals surface area contributed by atoms with Crippen molar-refractivity contribution >= 4 is 11.7 Å². The molecular weight excluding hydrogens is 220 g/mol. The summed E-state index contributed by atoms with van der Waals surface area (Å²) in [6, 6.07) is 3.37. The molecule has 0 aliphatic carbocycles. The number of carbonyl (C=O) groups excluding carboxylic acids is 1. The number of carbonyl (C=O) groups is 1. The zero-order valence-corrected chi connectivity index (χ0v) is 10.2. The summed E-state index contributed by atoms with van der Waals surface area (Å²) in [6.45, 7) is 6.37. The smallest absolute Gasteiger partial charge is 0.271 e. The van der Waals surface area contributed by atoms with E-state index in [0.717, 1.165) is 0 Å². The van der Waals surface area contributed by atoms with E-state index in [1.54, 1.807) is 12.1 Å². The van der Waals surface area contributed by atoms with Crippen molar-refractivity contribution in [2.75, 3.05) is 31.6 Å². The quantitative estimate of drug-likeness (QED) is 0.683. The molecule has 0 spiro atoms. The molecule has 0 atom stereocenters. The van der Waals surface area contributed by atoms with E-state index >= 15 is 0 Å². The summed E-state index contributed by atoms with van der Waals surface area (Å²) in [6.07, 6.45) is 0. The van der Waals surface area contributed by atoms with E-state index in [-0.39, 0.29) is 5.91 Å². The molecule has 0 bridgehead atoms. The third kappa shape index (κ3) is 4.78. The predicted molar refractivity (Wildman–Crippen MR) is 65.0 cm³/mol. The molecule has 0 saturated heterocycles. The number of nitrogens with one attached hydrogen (secondary N) is 2. The Labute approximate surface area is 101 Å². The molecule has 6 nitrogen and oxygen atoms in total.